The van der Waals surface area contributed by atoms with Gasteiger partial charge in [0.1, 0.15) is 11.9 Å². The Morgan fingerprint density at radius 1 is 1.37 bits per heavy atom. The lowest BCUT2D eigenvalue weighted by Crippen LogP contribution is -2.21. The molecule has 100 valence electrons. The number of likely N-dealkylation sites (N-methyl/N-ethyl adjacent to an activating group) is 1. The zero-order valence-electron chi connectivity index (χ0n) is 11.0. The molecule has 19 heavy (non-hydrogen) atoms. The van der Waals surface area contributed by atoms with Gasteiger partial charge in [0.15, 0.2) is 0 Å². The molecule has 2 heterocycles. The average Bonchev–Trinajstić information content (AvgIpc) is 3.03. The first-order valence-electron chi connectivity index (χ1n) is 6.51. The molecule has 0 saturated carbocycles. The van der Waals surface area contributed by atoms with Crippen LogP contribution in [0.25, 0.3) is 10.4 Å². The first kappa shape index (κ1) is 12.5. The molecule has 2 aromatic rings. The van der Waals surface area contributed by atoms with Gasteiger partial charge in [0.25, 0.3) is 0 Å². The zero-order chi connectivity index (χ0) is 13.2. The summed E-state index contributed by atoms with van der Waals surface area (Å²) in [4.78, 5) is 3.51. The molecular formula is C15H18N2OS. The molecule has 0 aliphatic carbocycles. The second-order valence-corrected chi connectivity index (χ2v) is 5.97. The van der Waals surface area contributed by atoms with Gasteiger partial charge in [-0.2, -0.15) is 0 Å². The molecule has 0 bridgehead atoms. The predicted octanol–water partition coefficient (Wildman–Crippen LogP) is 3.08. The SMILES string of the molecule is CN1CCC(Oc2ccc(-c3cccs3)cc2N)C1. The molecule has 3 nitrogen and oxygen atoms in total. The highest BCUT2D eigenvalue weighted by molar-refractivity contribution is 7.13. The molecule has 1 fully saturated rings. The second-order valence-electron chi connectivity index (χ2n) is 5.02. The normalized spacial score (nSPS) is 19.7. The van der Waals surface area contributed by atoms with Crippen LogP contribution >= 0.6 is 11.3 Å². The molecule has 1 aliphatic heterocycles. The van der Waals surface area contributed by atoms with Gasteiger partial charge in [0.05, 0.1) is 5.69 Å². The van der Waals surface area contributed by atoms with Crippen LogP contribution < -0.4 is 10.5 Å². The number of thiophene rings is 1. The number of ether oxygens (including phenoxy) is 1. The molecule has 1 aromatic carbocycles. The van der Waals surface area contributed by atoms with Gasteiger partial charge in [-0.1, -0.05) is 6.07 Å². The average molecular weight is 274 g/mol. The lowest BCUT2D eigenvalue weighted by molar-refractivity contribution is 0.209. The fourth-order valence-corrected chi connectivity index (χ4v) is 3.15. The maximum atomic E-state index is 6.11. The molecule has 0 spiro atoms. The summed E-state index contributed by atoms with van der Waals surface area (Å²) in [7, 11) is 2.12. The van der Waals surface area contributed by atoms with Crippen molar-refractivity contribution in [1.29, 1.82) is 0 Å². The quantitative estimate of drug-likeness (QED) is 0.874. The van der Waals surface area contributed by atoms with Gasteiger partial charge in [-0.15, -0.1) is 11.3 Å². The molecule has 2 N–H and O–H groups in total. The van der Waals surface area contributed by atoms with Crippen LogP contribution in [0.3, 0.4) is 0 Å². The minimum Gasteiger partial charge on any atom is -0.487 e. The van der Waals surface area contributed by atoms with E-state index in [1.165, 1.54) is 4.88 Å². The number of benzene rings is 1. The van der Waals surface area contributed by atoms with Gasteiger partial charge in [0, 0.05) is 18.0 Å². The van der Waals surface area contributed by atoms with Crippen LogP contribution in [0.1, 0.15) is 6.42 Å². The highest BCUT2D eigenvalue weighted by Gasteiger charge is 2.21. The highest BCUT2D eigenvalue weighted by atomic mass is 32.1. The molecule has 0 amide bonds. The summed E-state index contributed by atoms with van der Waals surface area (Å²) >= 11 is 1.72. The highest BCUT2D eigenvalue weighted by Crippen LogP contribution is 2.32. The fraction of sp³-hybridized carbons (Fsp3) is 0.333. The number of hydrogen-bond acceptors (Lipinski definition) is 4. The van der Waals surface area contributed by atoms with Crippen LogP contribution in [-0.4, -0.2) is 31.1 Å². The van der Waals surface area contributed by atoms with E-state index >= 15 is 0 Å². The number of likely N-dealkylation sites (tertiary alicyclic amines) is 1. The van der Waals surface area contributed by atoms with E-state index in [1.807, 2.05) is 12.1 Å². The van der Waals surface area contributed by atoms with Crippen molar-refractivity contribution in [3.63, 3.8) is 0 Å². The largest absolute Gasteiger partial charge is 0.487 e. The lowest BCUT2D eigenvalue weighted by Gasteiger charge is -2.15. The third-order valence-corrected chi connectivity index (χ3v) is 4.38. The molecule has 1 unspecified atom stereocenters. The van der Waals surface area contributed by atoms with E-state index in [2.05, 4.69) is 35.5 Å². The van der Waals surface area contributed by atoms with Gasteiger partial charge in [0.2, 0.25) is 0 Å². The van der Waals surface area contributed by atoms with Crippen molar-refractivity contribution in [2.75, 3.05) is 25.9 Å². The molecule has 1 atom stereocenters. The molecule has 1 aromatic heterocycles. The molecule has 3 rings (SSSR count). The minimum absolute atomic E-state index is 0.264. The van der Waals surface area contributed by atoms with Crippen molar-refractivity contribution < 1.29 is 4.74 Å². The Morgan fingerprint density at radius 3 is 2.89 bits per heavy atom. The van der Waals surface area contributed by atoms with Crippen molar-refractivity contribution in [1.82, 2.24) is 4.90 Å². The summed E-state index contributed by atoms with van der Waals surface area (Å²) in [6, 6.07) is 10.2. The van der Waals surface area contributed by atoms with Gasteiger partial charge >= 0.3 is 0 Å². The monoisotopic (exact) mass is 274 g/mol. The van der Waals surface area contributed by atoms with Gasteiger partial charge in [-0.05, 0) is 48.7 Å². The van der Waals surface area contributed by atoms with E-state index < -0.39 is 0 Å². The van der Waals surface area contributed by atoms with E-state index in [9.17, 15) is 0 Å². The van der Waals surface area contributed by atoms with Crippen LogP contribution in [0.2, 0.25) is 0 Å². The van der Waals surface area contributed by atoms with E-state index in [0.717, 1.165) is 36.5 Å². The Morgan fingerprint density at radius 2 is 2.26 bits per heavy atom. The van der Waals surface area contributed by atoms with E-state index in [-0.39, 0.29) is 6.10 Å². The number of nitrogen functional groups attached to an aromatic ring is 1. The Balaban J connectivity index is 1.76. The fourth-order valence-electron chi connectivity index (χ4n) is 2.42. The molecule has 0 radical (unpaired) electrons. The van der Waals surface area contributed by atoms with Crippen molar-refractivity contribution in [2.24, 2.45) is 0 Å². The molecule has 1 saturated heterocycles. The summed E-state index contributed by atoms with van der Waals surface area (Å²) in [5, 5.41) is 2.07. The standard InChI is InChI=1S/C15H18N2OS/c1-17-7-6-12(10-17)18-14-5-4-11(9-13(14)16)15-3-2-8-19-15/h2-5,8-9,12H,6-7,10,16H2,1H3. The summed E-state index contributed by atoms with van der Waals surface area (Å²) < 4.78 is 5.99. The Labute approximate surface area is 117 Å². The summed E-state index contributed by atoms with van der Waals surface area (Å²) in [6.45, 7) is 2.07. The van der Waals surface area contributed by atoms with Crippen molar-refractivity contribution in [3.05, 3.63) is 35.7 Å². The Kier molecular flexibility index (Phi) is 3.44. The summed E-state index contributed by atoms with van der Waals surface area (Å²) in [5.41, 5.74) is 7.98. The first-order valence-corrected chi connectivity index (χ1v) is 7.39. The van der Waals surface area contributed by atoms with Crippen LogP contribution in [0.4, 0.5) is 5.69 Å². The maximum Gasteiger partial charge on any atom is 0.142 e. The Bertz CT molecular complexity index is 553. The summed E-state index contributed by atoms with van der Waals surface area (Å²) in [5.74, 6) is 0.806. The van der Waals surface area contributed by atoms with Crippen molar-refractivity contribution in [3.8, 4) is 16.2 Å². The van der Waals surface area contributed by atoms with Gasteiger partial charge in [-0.25, -0.2) is 0 Å². The number of nitrogens with two attached hydrogens (primary N) is 1. The lowest BCUT2D eigenvalue weighted by atomic mass is 10.1. The summed E-state index contributed by atoms with van der Waals surface area (Å²) in [6.07, 6.45) is 1.34. The number of rotatable bonds is 3. The van der Waals surface area contributed by atoms with Crippen LogP contribution in [0.5, 0.6) is 5.75 Å². The third-order valence-electron chi connectivity index (χ3n) is 3.46. The predicted molar refractivity (Wildman–Crippen MR) is 80.7 cm³/mol. The number of anilines is 1. The number of hydrogen-bond donors (Lipinski definition) is 1. The third kappa shape index (κ3) is 2.74. The van der Waals surface area contributed by atoms with E-state index in [4.69, 9.17) is 10.5 Å². The first-order chi connectivity index (χ1) is 9.22. The molecule has 4 heteroatoms. The smallest absolute Gasteiger partial charge is 0.142 e. The van der Waals surface area contributed by atoms with Crippen LogP contribution in [0, 0.1) is 0 Å². The minimum atomic E-state index is 0.264. The van der Waals surface area contributed by atoms with E-state index in [0.29, 0.717) is 0 Å². The zero-order valence-corrected chi connectivity index (χ0v) is 11.8. The molecular weight excluding hydrogens is 256 g/mol. The molecule has 1 aliphatic rings. The van der Waals surface area contributed by atoms with Gasteiger partial charge < -0.3 is 15.4 Å². The van der Waals surface area contributed by atoms with Crippen molar-refractivity contribution in [2.45, 2.75) is 12.5 Å². The Hall–Kier alpha value is -1.52. The van der Waals surface area contributed by atoms with Gasteiger partial charge in [-0.3, -0.25) is 0 Å². The van der Waals surface area contributed by atoms with E-state index in [1.54, 1.807) is 11.3 Å². The van der Waals surface area contributed by atoms with Crippen LogP contribution in [0.15, 0.2) is 35.7 Å². The second kappa shape index (κ2) is 5.23. The van der Waals surface area contributed by atoms with Crippen LogP contribution in [-0.2, 0) is 0 Å². The maximum absolute atomic E-state index is 6.11. The topological polar surface area (TPSA) is 38.5 Å². The van der Waals surface area contributed by atoms with Crippen molar-refractivity contribution >= 4 is 17.0 Å². The number of nitrogens with zero attached hydrogens (tertiary/aromatic N) is 1.